The first kappa shape index (κ1) is 34.8. The number of benzene rings is 9. The Morgan fingerprint density at radius 1 is 0.383 bits per heavy atom. The first-order valence-electron chi connectivity index (χ1n) is 21.1. The lowest BCUT2D eigenvalue weighted by molar-refractivity contribution is 0.652. The molecule has 2 nitrogen and oxygen atoms in total. The minimum Gasteiger partial charge on any atom is -0.455 e. The molecule has 0 fully saturated rings. The van der Waals surface area contributed by atoms with E-state index in [1.807, 2.05) is 6.07 Å². The molecule has 12 rings (SSSR count). The van der Waals surface area contributed by atoms with Gasteiger partial charge in [-0.3, -0.25) is 0 Å². The van der Waals surface area contributed by atoms with Crippen LogP contribution in [0.5, 0.6) is 0 Å². The Balaban J connectivity index is 1.04. The Labute approximate surface area is 351 Å². The molecule has 2 aliphatic rings. The fourth-order valence-corrected chi connectivity index (χ4v) is 10.6. The van der Waals surface area contributed by atoms with Crippen LogP contribution in [0.25, 0.3) is 77.2 Å². The zero-order valence-corrected chi connectivity index (χ0v) is 34.3. The second kappa shape index (κ2) is 12.7. The van der Waals surface area contributed by atoms with Crippen molar-refractivity contribution in [1.82, 2.24) is 0 Å². The van der Waals surface area contributed by atoms with Crippen molar-refractivity contribution in [2.24, 2.45) is 0 Å². The molecule has 0 bridgehead atoms. The summed E-state index contributed by atoms with van der Waals surface area (Å²) >= 11 is 0. The number of fused-ring (bicyclic) bond motifs is 10. The van der Waals surface area contributed by atoms with Crippen LogP contribution in [0.15, 0.2) is 192 Å². The van der Waals surface area contributed by atoms with Crippen molar-refractivity contribution in [2.45, 2.75) is 38.5 Å². The van der Waals surface area contributed by atoms with E-state index in [-0.39, 0.29) is 10.8 Å². The van der Waals surface area contributed by atoms with E-state index < -0.39 is 0 Å². The molecular weight excluding hydrogens is 727 g/mol. The molecule has 0 spiro atoms. The molecule has 0 saturated heterocycles. The molecular formula is C58H43NO. The number of hydrogen-bond acceptors (Lipinski definition) is 2. The lowest BCUT2D eigenvalue weighted by Crippen LogP contribution is -2.17. The van der Waals surface area contributed by atoms with Crippen LogP contribution >= 0.6 is 0 Å². The van der Waals surface area contributed by atoms with Gasteiger partial charge in [0.25, 0.3) is 0 Å². The Kier molecular flexibility index (Phi) is 7.36. The zero-order chi connectivity index (χ0) is 40.3. The van der Waals surface area contributed by atoms with Crippen LogP contribution in [0.1, 0.15) is 49.9 Å². The van der Waals surface area contributed by atoms with Crippen LogP contribution in [-0.2, 0) is 10.8 Å². The minimum absolute atomic E-state index is 0.0988. The summed E-state index contributed by atoms with van der Waals surface area (Å²) in [7, 11) is 0. The molecule has 10 aromatic rings. The third-order valence-electron chi connectivity index (χ3n) is 13.7. The molecule has 0 atom stereocenters. The summed E-state index contributed by atoms with van der Waals surface area (Å²) in [5, 5.41) is 4.79. The van der Waals surface area contributed by atoms with E-state index in [0.717, 1.165) is 44.4 Å². The molecule has 0 unspecified atom stereocenters. The van der Waals surface area contributed by atoms with E-state index in [4.69, 9.17) is 4.42 Å². The summed E-state index contributed by atoms with van der Waals surface area (Å²) in [6.45, 7) is 9.57. The van der Waals surface area contributed by atoms with E-state index in [0.29, 0.717) is 0 Å². The molecule has 0 aliphatic heterocycles. The van der Waals surface area contributed by atoms with Crippen molar-refractivity contribution >= 4 is 49.8 Å². The number of furan rings is 1. The van der Waals surface area contributed by atoms with Gasteiger partial charge in [-0.1, -0.05) is 167 Å². The molecule has 0 N–H and O–H groups in total. The Bertz CT molecular complexity index is 3360. The van der Waals surface area contributed by atoms with Gasteiger partial charge >= 0.3 is 0 Å². The molecule has 60 heavy (non-hydrogen) atoms. The topological polar surface area (TPSA) is 16.4 Å². The smallest absolute Gasteiger partial charge is 0.143 e. The van der Waals surface area contributed by atoms with Crippen LogP contribution in [-0.4, -0.2) is 0 Å². The fourth-order valence-electron chi connectivity index (χ4n) is 10.6. The fraction of sp³-hybridized carbons (Fsp3) is 0.103. The molecule has 2 aliphatic carbocycles. The van der Waals surface area contributed by atoms with Gasteiger partial charge in [-0.2, -0.15) is 0 Å². The monoisotopic (exact) mass is 769 g/mol. The highest BCUT2D eigenvalue weighted by Gasteiger charge is 2.43. The highest BCUT2D eigenvalue weighted by atomic mass is 16.3. The lowest BCUT2D eigenvalue weighted by atomic mass is 9.79. The van der Waals surface area contributed by atoms with Gasteiger partial charge in [-0.15, -0.1) is 0 Å². The summed E-state index contributed by atoms with van der Waals surface area (Å²) in [5.41, 5.74) is 20.5. The highest BCUT2D eigenvalue weighted by molar-refractivity contribution is 6.09. The minimum atomic E-state index is -0.184. The van der Waals surface area contributed by atoms with Crippen LogP contribution < -0.4 is 4.90 Å². The van der Waals surface area contributed by atoms with E-state index >= 15 is 0 Å². The summed E-state index contributed by atoms with van der Waals surface area (Å²) < 4.78 is 6.49. The first-order chi connectivity index (χ1) is 29.3. The first-order valence-corrected chi connectivity index (χ1v) is 21.1. The van der Waals surface area contributed by atoms with Crippen molar-refractivity contribution in [3.05, 3.63) is 210 Å². The number of hydrogen-bond donors (Lipinski definition) is 0. The molecule has 9 aromatic carbocycles. The highest BCUT2D eigenvalue weighted by Crippen LogP contribution is 2.59. The zero-order valence-electron chi connectivity index (χ0n) is 34.3. The maximum absolute atomic E-state index is 6.49. The number of para-hydroxylation sites is 2. The van der Waals surface area contributed by atoms with E-state index in [1.165, 1.54) is 72.1 Å². The summed E-state index contributed by atoms with van der Waals surface area (Å²) in [6.07, 6.45) is 0. The van der Waals surface area contributed by atoms with Crippen LogP contribution in [0.3, 0.4) is 0 Å². The van der Waals surface area contributed by atoms with Gasteiger partial charge in [-0.25, -0.2) is 0 Å². The largest absolute Gasteiger partial charge is 0.455 e. The van der Waals surface area contributed by atoms with Crippen molar-refractivity contribution in [3.8, 4) is 44.5 Å². The van der Waals surface area contributed by atoms with Gasteiger partial charge in [0.05, 0.1) is 5.69 Å². The predicted octanol–water partition coefficient (Wildman–Crippen LogP) is 16.2. The van der Waals surface area contributed by atoms with Crippen molar-refractivity contribution in [1.29, 1.82) is 0 Å². The molecule has 1 heterocycles. The van der Waals surface area contributed by atoms with Crippen molar-refractivity contribution in [3.63, 3.8) is 0 Å². The normalized spacial score (nSPS) is 14.3. The van der Waals surface area contributed by atoms with Crippen LogP contribution in [0.2, 0.25) is 0 Å². The van der Waals surface area contributed by atoms with Gasteiger partial charge < -0.3 is 9.32 Å². The Hall–Kier alpha value is -7.16. The van der Waals surface area contributed by atoms with Crippen molar-refractivity contribution < 1.29 is 4.42 Å². The second-order valence-corrected chi connectivity index (χ2v) is 17.7. The van der Waals surface area contributed by atoms with E-state index in [1.54, 1.807) is 0 Å². The van der Waals surface area contributed by atoms with Gasteiger partial charge in [0.2, 0.25) is 0 Å². The third kappa shape index (κ3) is 4.94. The van der Waals surface area contributed by atoms with Gasteiger partial charge in [0, 0.05) is 44.1 Å². The number of nitrogens with zero attached hydrogens (tertiary/aromatic N) is 1. The van der Waals surface area contributed by atoms with Crippen LogP contribution in [0, 0.1) is 0 Å². The molecule has 2 heteroatoms. The maximum Gasteiger partial charge on any atom is 0.143 e. The van der Waals surface area contributed by atoms with Gasteiger partial charge in [0.15, 0.2) is 0 Å². The molecule has 0 amide bonds. The summed E-state index contributed by atoms with van der Waals surface area (Å²) in [4.78, 5) is 2.47. The van der Waals surface area contributed by atoms with Gasteiger partial charge in [0.1, 0.15) is 11.2 Å². The Morgan fingerprint density at radius 3 is 1.72 bits per heavy atom. The lowest BCUT2D eigenvalue weighted by Gasteiger charge is -2.29. The average Bonchev–Trinajstić information content (AvgIpc) is 3.86. The molecule has 0 radical (unpaired) electrons. The second-order valence-electron chi connectivity index (χ2n) is 17.7. The number of anilines is 3. The molecule has 1 aromatic heterocycles. The maximum atomic E-state index is 6.49. The number of rotatable bonds is 5. The third-order valence-corrected chi connectivity index (χ3v) is 13.7. The SMILES string of the molecule is CC1(C)c2ccccc2-c2cc3c(cc21)-c1c(N(c2ccc(-c4cccc5ccccc45)cc2)c2ccc(-c4cccc5c4oc4ccccc45)cc2)cccc1C3(C)C. The Morgan fingerprint density at radius 2 is 0.917 bits per heavy atom. The summed E-state index contributed by atoms with van der Waals surface area (Å²) in [5.74, 6) is 0. The van der Waals surface area contributed by atoms with Crippen molar-refractivity contribution in [2.75, 3.05) is 4.90 Å². The van der Waals surface area contributed by atoms with Gasteiger partial charge in [-0.05, 0) is 115 Å². The quantitative estimate of drug-likeness (QED) is 0.173. The molecule has 0 saturated carbocycles. The standard InChI is InChI=1S/C58H43NO/c1-57(2)49-22-9-7-17-44(49)47-34-52-48(35-51(47)57)55-50(58(52,3)4)23-13-24-53(55)59(39-30-26-37(27-31-39)42-19-11-15-36-14-5-6-16-41(36)42)40-32-28-38(29-33-40)43-20-12-21-46-45-18-8-10-25-54(45)60-56(43)46/h5-35H,1-4H3. The van der Waals surface area contributed by atoms with Crippen LogP contribution in [0.4, 0.5) is 17.1 Å². The average molecular weight is 770 g/mol. The molecule has 286 valence electrons. The van der Waals surface area contributed by atoms with E-state index in [2.05, 4.69) is 215 Å². The predicted molar refractivity (Wildman–Crippen MR) is 252 cm³/mol. The van der Waals surface area contributed by atoms with E-state index in [9.17, 15) is 0 Å². The summed E-state index contributed by atoms with van der Waals surface area (Å²) in [6, 6.07) is 69.2.